The summed E-state index contributed by atoms with van der Waals surface area (Å²) in [6.07, 6.45) is 79.9. The van der Waals surface area contributed by atoms with E-state index in [-0.39, 0.29) is 37.5 Å². The van der Waals surface area contributed by atoms with Gasteiger partial charge in [-0.2, -0.15) is 0 Å². The Morgan fingerprint density at radius 1 is 0.292 bits per heavy atom. The quantitative estimate of drug-likeness (QED) is 0.0261. The van der Waals surface area contributed by atoms with E-state index < -0.39 is 6.10 Å². The Bertz CT molecular complexity index is 1430. The minimum absolute atomic E-state index is 0.104. The number of hydrogen-bond acceptors (Lipinski definition) is 6. The molecule has 6 heteroatoms. The van der Waals surface area contributed by atoms with Gasteiger partial charge in [-0.25, -0.2) is 0 Å². The standard InChI is InChI=1S/C66H112O6/c1-4-7-10-13-16-19-22-25-28-30-31-32-33-34-36-38-41-44-47-50-53-56-59-65(68)71-62-63(61-70-64(67)58-55-52-49-46-43-40-37-27-24-21-18-15-12-9-6-3)72-66(69)60-57-54-51-48-45-42-39-35-29-26-23-20-17-14-11-8-5-2/h8-9,11-12,17-18,20-21,26-27,29,37,39,42,48,51,63H,4-7,10,13-16,19,22-25,28,30-36,38,40-41,43-47,49-50,52-62H2,1-3H3/b11-8-,12-9-,20-17-,21-18-,29-26-,37-27-,42-39-,51-48-. The van der Waals surface area contributed by atoms with Crippen molar-refractivity contribution in [3.8, 4) is 0 Å². The zero-order valence-corrected chi connectivity index (χ0v) is 47.2. The maximum absolute atomic E-state index is 12.8. The van der Waals surface area contributed by atoms with Crippen LogP contribution < -0.4 is 0 Å². The summed E-state index contributed by atoms with van der Waals surface area (Å²) in [6, 6.07) is 0. The first-order valence-electron chi connectivity index (χ1n) is 30.2. The molecule has 72 heavy (non-hydrogen) atoms. The van der Waals surface area contributed by atoms with Crippen LogP contribution in [0.3, 0.4) is 0 Å². The van der Waals surface area contributed by atoms with Gasteiger partial charge < -0.3 is 14.2 Å². The van der Waals surface area contributed by atoms with Crippen LogP contribution in [0.5, 0.6) is 0 Å². The lowest BCUT2D eigenvalue weighted by Gasteiger charge is -2.18. The molecule has 0 fully saturated rings. The summed E-state index contributed by atoms with van der Waals surface area (Å²) in [5.74, 6) is -0.973. The van der Waals surface area contributed by atoms with Gasteiger partial charge in [0.25, 0.3) is 0 Å². The highest BCUT2D eigenvalue weighted by Gasteiger charge is 2.19. The Morgan fingerprint density at radius 2 is 0.556 bits per heavy atom. The van der Waals surface area contributed by atoms with Crippen LogP contribution in [0.1, 0.15) is 284 Å². The zero-order valence-electron chi connectivity index (χ0n) is 47.2. The second-order valence-corrected chi connectivity index (χ2v) is 19.9. The number of allylic oxidation sites excluding steroid dienone is 16. The summed E-state index contributed by atoms with van der Waals surface area (Å²) in [7, 11) is 0. The molecule has 0 aliphatic heterocycles. The Balaban J connectivity index is 4.41. The number of ether oxygens (including phenoxy) is 3. The first-order chi connectivity index (χ1) is 35.5. The fourth-order valence-corrected chi connectivity index (χ4v) is 8.38. The second kappa shape index (κ2) is 59.9. The maximum Gasteiger partial charge on any atom is 0.306 e. The van der Waals surface area contributed by atoms with E-state index in [2.05, 4.69) is 118 Å². The number of esters is 3. The molecule has 0 radical (unpaired) electrons. The smallest absolute Gasteiger partial charge is 0.306 e. The number of unbranched alkanes of at least 4 members (excludes halogenated alkanes) is 27. The van der Waals surface area contributed by atoms with Gasteiger partial charge in [-0.15, -0.1) is 0 Å². The highest BCUT2D eigenvalue weighted by molar-refractivity contribution is 5.71. The molecule has 412 valence electrons. The first-order valence-corrected chi connectivity index (χ1v) is 30.2. The summed E-state index contributed by atoms with van der Waals surface area (Å²) in [4.78, 5) is 38.2. The Hall–Kier alpha value is -3.67. The number of rotatable bonds is 54. The molecule has 0 saturated heterocycles. The van der Waals surface area contributed by atoms with Crippen LogP contribution in [0.2, 0.25) is 0 Å². The first kappa shape index (κ1) is 68.3. The monoisotopic (exact) mass is 1000 g/mol. The zero-order chi connectivity index (χ0) is 52.2. The second-order valence-electron chi connectivity index (χ2n) is 19.9. The SMILES string of the molecule is CC/C=C\C/C=C\C/C=C\C/C=C\C/C=C\CCCC(=O)OC(COC(=O)CCCCCCC/C=C\C/C=C\C/C=C\CC)COC(=O)CCCCCCCCCCCCCCCCCCCCCCCC. The predicted octanol–water partition coefficient (Wildman–Crippen LogP) is 20.5. The van der Waals surface area contributed by atoms with Gasteiger partial charge in [-0.05, 0) is 89.9 Å². The third-order valence-electron chi connectivity index (χ3n) is 12.8. The summed E-state index contributed by atoms with van der Waals surface area (Å²) in [6.45, 7) is 6.38. The normalized spacial score (nSPS) is 12.8. The van der Waals surface area contributed by atoms with Crippen molar-refractivity contribution in [3.63, 3.8) is 0 Å². The van der Waals surface area contributed by atoms with Gasteiger partial charge in [-0.1, -0.05) is 272 Å². The van der Waals surface area contributed by atoms with Gasteiger partial charge in [0.15, 0.2) is 6.10 Å². The van der Waals surface area contributed by atoms with Gasteiger partial charge >= 0.3 is 17.9 Å². The molecule has 0 aromatic rings. The molecular weight excluding hydrogens is 889 g/mol. The molecule has 0 bridgehead atoms. The molecule has 0 heterocycles. The fourth-order valence-electron chi connectivity index (χ4n) is 8.38. The van der Waals surface area contributed by atoms with Crippen LogP contribution in [0.15, 0.2) is 97.2 Å². The minimum atomic E-state index is -0.815. The molecular formula is C66H112O6. The third kappa shape index (κ3) is 57.2. The summed E-state index contributed by atoms with van der Waals surface area (Å²) in [5, 5.41) is 0. The summed E-state index contributed by atoms with van der Waals surface area (Å²) >= 11 is 0. The summed E-state index contributed by atoms with van der Waals surface area (Å²) in [5.41, 5.74) is 0. The number of carbonyl (C=O) groups excluding carboxylic acids is 3. The van der Waals surface area contributed by atoms with E-state index >= 15 is 0 Å². The molecule has 0 N–H and O–H groups in total. The van der Waals surface area contributed by atoms with Crippen LogP contribution in [0.4, 0.5) is 0 Å². The highest BCUT2D eigenvalue weighted by atomic mass is 16.6. The molecule has 6 nitrogen and oxygen atoms in total. The van der Waals surface area contributed by atoms with Crippen molar-refractivity contribution in [3.05, 3.63) is 97.2 Å². The highest BCUT2D eigenvalue weighted by Crippen LogP contribution is 2.16. The van der Waals surface area contributed by atoms with Crippen molar-refractivity contribution < 1.29 is 28.6 Å². The molecule has 0 aromatic carbocycles. The molecule has 0 saturated carbocycles. The van der Waals surface area contributed by atoms with E-state index in [9.17, 15) is 14.4 Å². The van der Waals surface area contributed by atoms with Crippen molar-refractivity contribution in [2.45, 2.75) is 290 Å². The Kier molecular flexibility index (Phi) is 56.8. The Labute approximate surface area is 445 Å². The van der Waals surface area contributed by atoms with E-state index in [0.717, 1.165) is 116 Å². The van der Waals surface area contributed by atoms with E-state index in [1.165, 1.54) is 122 Å². The molecule has 0 aliphatic rings. The van der Waals surface area contributed by atoms with Crippen molar-refractivity contribution in [2.24, 2.45) is 0 Å². The van der Waals surface area contributed by atoms with E-state index in [1.807, 2.05) is 0 Å². The van der Waals surface area contributed by atoms with Gasteiger partial charge in [0.05, 0.1) is 0 Å². The van der Waals surface area contributed by atoms with Crippen molar-refractivity contribution >= 4 is 17.9 Å². The lowest BCUT2D eigenvalue weighted by atomic mass is 10.0. The molecule has 0 aliphatic carbocycles. The fraction of sp³-hybridized carbons (Fsp3) is 0.712. The Morgan fingerprint density at radius 3 is 0.889 bits per heavy atom. The van der Waals surface area contributed by atoms with Crippen LogP contribution in [0.25, 0.3) is 0 Å². The van der Waals surface area contributed by atoms with E-state index in [1.54, 1.807) is 0 Å². The third-order valence-corrected chi connectivity index (χ3v) is 12.8. The molecule has 0 spiro atoms. The van der Waals surface area contributed by atoms with Crippen LogP contribution >= 0.6 is 0 Å². The molecule has 1 unspecified atom stereocenters. The molecule has 1 atom stereocenters. The topological polar surface area (TPSA) is 78.9 Å². The lowest BCUT2D eigenvalue weighted by Crippen LogP contribution is -2.30. The van der Waals surface area contributed by atoms with Crippen molar-refractivity contribution in [1.29, 1.82) is 0 Å². The minimum Gasteiger partial charge on any atom is -0.462 e. The van der Waals surface area contributed by atoms with Gasteiger partial charge in [0, 0.05) is 19.3 Å². The van der Waals surface area contributed by atoms with Gasteiger partial charge in [0.1, 0.15) is 13.2 Å². The van der Waals surface area contributed by atoms with E-state index in [0.29, 0.717) is 19.3 Å². The van der Waals surface area contributed by atoms with Crippen LogP contribution in [-0.2, 0) is 28.6 Å². The predicted molar refractivity (Wildman–Crippen MR) is 311 cm³/mol. The van der Waals surface area contributed by atoms with Crippen LogP contribution in [0, 0.1) is 0 Å². The van der Waals surface area contributed by atoms with Crippen LogP contribution in [-0.4, -0.2) is 37.2 Å². The van der Waals surface area contributed by atoms with Crippen molar-refractivity contribution in [2.75, 3.05) is 13.2 Å². The van der Waals surface area contributed by atoms with Crippen molar-refractivity contribution in [1.82, 2.24) is 0 Å². The maximum atomic E-state index is 12.8. The number of carbonyl (C=O) groups is 3. The average Bonchev–Trinajstić information content (AvgIpc) is 3.38. The summed E-state index contributed by atoms with van der Waals surface area (Å²) < 4.78 is 16.8. The molecule has 0 amide bonds. The van der Waals surface area contributed by atoms with E-state index in [4.69, 9.17) is 14.2 Å². The number of hydrogen-bond donors (Lipinski definition) is 0. The largest absolute Gasteiger partial charge is 0.462 e. The van der Waals surface area contributed by atoms with Gasteiger partial charge in [0.2, 0.25) is 0 Å². The lowest BCUT2D eigenvalue weighted by molar-refractivity contribution is -0.167. The molecule has 0 aromatic heterocycles. The average molecular weight is 1000 g/mol. The van der Waals surface area contributed by atoms with Gasteiger partial charge in [-0.3, -0.25) is 14.4 Å². The molecule has 0 rings (SSSR count).